The van der Waals surface area contributed by atoms with E-state index in [1.165, 1.54) is 11.3 Å². The molecular weight excluding hydrogens is 292 g/mol. The molecule has 3 heterocycles. The number of nitrogens with zero attached hydrogens (tertiary/aromatic N) is 3. The second kappa shape index (κ2) is 6.52. The van der Waals surface area contributed by atoms with Gasteiger partial charge in [0.1, 0.15) is 0 Å². The highest BCUT2D eigenvalue weighted by molar-refractivity contribution is 7.10. The van der Waals surface area contributed by atoms with Gasteiger partial charge < -0.3 is 10.2 Å². The normalized spacial score (nSPS) is 19.2. The van der Waals surface area contributed by atoms with E-state index in [9.17, 15) is 0 Å². The van der Waals surface area contributed by atoms with Gasteiger partial charge in [-0.25, -0.2) is 9.97 Å². The van der Waals surface area contributed by atoms with Crippen molar-refractivity contribution in [3.8, 4) is 0 Å². The van der Waals surface area contributed by atoms with Crippen LogP contribution in [-0.4, -0.2) is 29.1 Å². The highest BCUT2D eigenvalue weighted by Gasteiger charge is 2.21. The first-order chi connectivity index (χ1) is 9.83. The molecule has 0 bridgehead atoms. The lowest BCUT2D eigenvalue weighted by molar-refractivity contribution is 0.419. The quantitative estimate of drug-likeness (QED) is 0.943. The number of piperidine rings is 1. The van der Waals surface area contributed by atoms with Crippen molar-refractivity contribution in [2.45, 2.75) is 25.4 Å². The molecule has 0 saturated carbocycles. The molecule has 6 heteroatoms. The molecule has 0 radical (unpaired) electrons. The zero-order chi connectivity index (χ0) is 13.8. The van der Waals surface area contributed by atoms with E-state index in [-0.39, 0.29) is 0 Å². The van der Waals surface area contributed by atoms with Crippen molar-refractivity contribution in [1.82, 2.24) is 15.3 Å². The number of thiophene rings is 1. The fourth-order valence-corrected chi connectivity index (χ4v) is 3.52. The summed E-state index contributed by atoms with van der Waals surface area (Å²) < 4.78 is 0. The summed E-state index contributed by atoms with van der Waals surface area (Å²) in [6.45, 7) is 2.82. The minimum absolute atomic E-state index is 0.464. The second-order valence-corrected chi connectivity index (χ2v) is 6.31. The Hall–Kier alpha value is -1.17. The third-order valence-electron chi connectivity index (χ3n) is 3.50. The van der Waals surface area contributed by atoms with Crippen molar-refractivity contribution in [3.63, 3.8) is 0 Å². The molecule has 106 valence electrons. The Morgan fingerprint density at radius 2 is 2.25 bits per heavy atom. The van der Waals surface area contributed by atoms with Gasteiger partial charge in [0.25, 0.3) is 0 Å². The van der Waals surface area contributed by atoms with E-state index in [2.05, 4.69) is 20.2 Å². The SMILES string of the molecule is Clc1ccsc1CN[C@H]1CCCN(c2ncccn2)C1. The zero-order valence-corrected chi connectivity index (χ0v) is 12.7. The molecule has 20 heavy (non-hydrogen) atoms. The lowest BCUT2D eigenvalue weighted by atomic mass is 10.1. The van der Waals surface area contributed by atoms with Gasteiger partial charge >= 0.3 is 0 Å². The van der Waals surface area contributed by atoms with Crippen molar-refractivity contribution < 1.29 is 0 Å². The summed E-state index contributed by atoms with van der Waals surface area (Å²) in [5.41, 5.74) is 0. The van der Waals surface area contributed by atoms with Crippen LogP contribution in [0, 0.1) is 0 Å². The van der Waals surface area contributed by atoms with Crippen LogP contribution in [-0.2, 0) is 6.54 Å². The molecule has 3 rings (SSSR count). The van der Waals surface area contributed by atoms with Gasteiger partial charge in [0, 0.05) is 42.9 Å². The van der Waals surface area contributed by atoms with Gasteiger partial charge in [-0.2, -0.15) is 0 Å². The lowest BCUT2D eigenvalue weighted by Crippen LogP contribution is -2.46. The Balaban J connectivity index is 1.57. The zero-order valence-electron chi connectivity index (χ0n) is 11.1. The Morgan fingerprint density at radius 1 is 1.40 bits per heavy atom. The van der Waals surface area contributed by atoms with Crippen LogP contribution in [0.15, 0.2) is 29.9 Å². The molecular formula is C14H17ClN4S. The highest BCUT2D eigenvalue weighted by Crippen LogP contribution is 2.22. The summed E-state index contributed by atoms with van der Waals surface area (Å²) in [5, 5.41) is 6.49. The molecule has 0 aliphatic carbocycles. The van der Waals surface area contributed by atoms with Crippen LogP contribution in [0.3, 0.4) is 0 Å². The molecule has 2 aromatic rings. The van der Waals surface area contributed by atoms with Crippen molar-refractivity contribution >= 4 is 28.9 Å². The molecule has 1 N–H and O–H groups in total. The third kappa shape index (κ3) is 3.29. The fourth-order valence-electron chi connectivity index (χ4n) is 2.47. The van der Waals surface area contributed by atoms with Gasteiger partial charge in [-0.15, -0.1) is 11.3 Å². The van der Waals surface area contributed by atoms with Crippen molar-refractivity contribution in [2.24, 2.45) is 0 Å². The van der Waals surface area contributed by atoms with Crippen molar-refractivity contribution in [3.05, 3.63) is 39.8 Å². The van der Waals surface area contributed by atoms with Crippen LogP contribution in [0.25, 0.3) is 0 Å². The smallest absolute Gasteiger partial charge is 0.225 e. The maximum Gasteiger partial charge on any atom is 0.225 e. The van der Waals surface area contributed by atoms with Crippen molar-refractivity contribution in [2.75, 3.05) is 18.0 Å². The molecule has 4 nitrogen and oxygen atoms in total. The Kier molecular flexibility index (Phi) is 4.50. The van der Waals surface area contributed by atoms with E-state index < -0.39 is 0 Å². The third-order valence-corrected chi connectivity index (χ3v) is 4.89. The number of hydrogen-bond donors (Lipinski definition) is 1. The summed E-state index contributed by atoms with van der Waals surface area (Å²) in [7, 11) is 0. The first kappa shape index (κ1) is 13.8. The topological polar surface area (TPSA) is 41.0 Å². The molecule has 2 aromatic heterocycles. The van der Waals surface area contributed by atoms with Gasteiger partial charge in [-0.1, -0.05) is 11.6 Å². The van der Waals surface area contributed by atoms with Crippen molar-refractivity contribution in [1.29, 1.82) is 0 Å². The van der Waals surface area contributed by atoms with Gasteiger partial charge in [-0.3, -0.25) is 0 Å². The van der Waals surface area contributed by atoms with E-state index in [4.69, 9.17) is 11.6 Å². The molecule has 0 unspecified atom stereocenters. The molecule has 1 aliphatic heterocycles. The monoisotopic (exact) mass is 308 g/mol. The summed E-state index contributed by atoms with van der Waals surface area (Å²) >= 11 is 7.82. The number of rotatable bonds is 4. The van der Waals surface area contributed by atoms with Gasteiger partial charge in [0.05, 0.1) is 5.02 Å². The Morgan fingerprint density at radius 3 is 3.00 bits per heavy atom. The average Bonchev–Trinajstić information content (AvgIpc) is 2.92. The van der Waals surface area contributed by atoms with E-state index >= 15 is 0 Å². The minimum Gasteiger partial charge on any atom is -0.339 e. The Bertz CT molecular complexity index is 545. The largest absolute Gasteiger partial charge is 0.339 e. The van der Waals surface area contributed by atoms with Crippen LogP contribution >= 0.6 is 22.9 Å². The van der Waals surface area contributed by atoms with Crippen LogP contribution in [0.1, 0.15) is 17.7 Å². The molecule has 0 amide bonds. The second-order valence-electron chi connectivity index (χ2n) is 4.91. The van der Waals surface area contributed by atoms with Crippen LogP contribution in [0.2, 0.25) is 5.02 Å². The highest BCUT2D eigenvalue weighted by atomic mass is 35.5. The van der Waals surface area contributed by atoms with Crippen LogP contribution < -0.4 is 10.2 Å². The molecule has 1 aliphatic rings. The van der Waals surface area contributed by atoms with E-state index in [1.807, 2.05) is 17.5 Å². The maximum absolute atomic E-state index is 6.12. The van der Waals surface area contributed by atoms with E-state index in [0.29, 0.717) is 6.04 Å². The maximum atomic E-state index is 6.12. The van der Waals surface area contributed by atoms with E-state index in [1.54, 1.807) is 23.7 Å². The lowest BCUT2D eigenvalue weighted by Gasteiger charge is -2.33. The van der Waals surface area contributed by atoms with Gasteiger partial charge in [-0.05, 0) is 30.4 Å². The number of anilines is 1. The summed E-state index contributed by atoms with van der Waals surface area (Å²) in [6, 6.07) is 4.27. The fraction of sp³-hybridized carbons (Fsp3) is 0.429. The number of nitrogens with one attached hydrogen (secondary N) is 1. The number of aromatic nitrogens is 2. The first-order valence-corrected chi connectivity index (χ1v) is 8.06. The molecule has 1 saturated heterocycles. The van der Waals surface area contributed by atoms with Crippen LogP contribution in [0.5, 0.6) is 0 Å². The van der Waals surface area contributed by atoms with Gasteiger partial charge in [0.2, 0.25) is 5.95 Å². The molecule has 0 spiro atoms. The Labute approximate surface area is 127 Å². The molecule has 1 atom stereocenters. The summed E-state index contributed by atoms with van der Waals surface area (Å²) in [5.74, 6) is 0.827. The standard InChI is InChI=1S/C14H17ClN4S/c15-12-4-8-20-13(12)9-18-11-3-1-7-19(10-11)14-16-5-2-6-17-14/h2,4-6,8,11,18H,1,3,7,9-10H2/t11-/m0/s1. The predicted molar refractivity (Wildman–Crippen MR) is 83.4 cm³/mol. The molecule has 0 aromatic carbocycles. The minimum atomic E-state index is 0.464. The van der Waals surface area contributed by atoms with Gasteiger partial charge in [0.15, 0.2) is 0 Å². The first-order valence-electron chi connectivity index (χ1n) is 6.80. The van der Waals surface area contributed by atoms with E-state index in [0.717, 1.165) is 37.0 Å². The predicted octanol–water partition coefficient (Wildman–Crippen LogP) is 2.95. The summed E-state index contributed by atoms with van der Waals surface area (Å²) in [4.78, 5) is 12.1. The van der Waals surface area contributed by atoms with Crippen LogP contribution in [0.4, 0.5) is 5.95 Å². The molecule has 1 fully saturated rings. The average molecular weight is 309 g/mol. The number of hydrogen-bond acceptors (Lipinski definition) is 5. The number of halogens is 1. The summed E-state index contributed by atoms with van der Waals surface area (Å²) in [6.07, 6.45) is 5.94.